The molecule has 3 aromatic rings. The summed E-state index contributed by atoms with van der Waals surface area (Å²) >= 11 is 6.02. The van der Waals surface area contributed by atoms with Gasteiger partial charge in [-0.05, 0) is 19.1 Å². The zero-order chi connectivity index (χ0) is 14.8. The van der Waals surface area contributed by atoms with Gasteiger partial charge in [0.25, 0.3) is 0 Å². The third-order valence-electron chi connectivity index (χ3n) is 2.81. The van der Waals surface area contributed by atoms with Gasteiger partial charge in [-0.25, -0.2) is 4.98 Å². The first kappa shape index (κ1) is 13.5. The van der Waals surface area contributed by atoms with E-state index in [1.54, 1.807) is 30.6 Å². The second-order valence-corrected chi connectivity index (χ2v) is 4.75. The van der Waals surface area contributed by atoms with Gasteiger partial charge in [-0.1, -0.05) is 16.8 Å². The molecule has 106 valence electrons. The molecule has 7 heteroatoms. The first-order valence-electron chi connectivity index (χ1n) is 6.14. The molecule has 0 unspecified atom stereocenters. The van der Waals surface area contributed by atoms with E-state index in [4.69, 9.17) is 20.9 Å². The van der Waals surface area contributed by atoms with Crippen LogP contribution in [-0.2, 0) is 0 Å². The van der Waals surface area contributed by atoms with Crippen molar-refractivity contribution in [3.8, 4) is 28.7 Å². The van der Waals surface area contributed by atoms with Crippen molar-refractivity contribution in [2.24, 2.45) is 0 Å². The molecule has 0 N–H and O–H groups in total. The summed E-state index contributed by atoms with van der Waals surface area (Å²) in [6.07, 6.45) is 3.23. The summed E-state index contributed by atoms with van der Waals surface area (Å²) in [4.78, 5) is 12.7. The fourth-order valence-corrected chi connectivity index (χ4v) is 2.02. The zero-order valence-corrected chi connectivity index (χ0v) is 12.1. The van der Waals surface area contributed by atoms with Crippen molar-refractivity contribution in [3.63, 3.8) is 0 Å². The van der Waals surface area contributed by atoms with Gasteiger partial charge in [-0.15, -0.1) is 0 Å². The molecule has 0 aliphatic carbocycles. The predicted molar refractivity (Wildman–Crippen MR) is 77.1 cm³/mol. The molecule has 0 aliphatic heterocycles. The first-order valence-corrected chi connectivity index (χ1v) is 6.52. The van der Waals surface area contributed by atoms with Crippen LogP contribution in [0.2, 0.25) is 5.02 Å². The van der Waals surface area contributed by atoms with Crippen LogP contribution in [0.3, 0.4) is 0 Å². The summed E-state index contributed by atoms with van der Waals surface area (Å²) in [7, 11) is 1.50. The van der Waals surface area contributed by atoms with Crippen molar-refractivity contribution < 1.29 is 9.26 Å². The van der Waals surface area contributed by atoms with Crippen molar-refractivity contribution in [1.82, 2.24) is 20.1 Å². The van der Waals surface area contributed by atoms with E-state index in [0.29, 0.717) is 27.7 Å². The molecule has 21 heavy (non-hydrogen) atoms. The second-order valence-electron chi connectivity index (χ2n) is 4.31. The minimum absolute atomic E-state index is 0.242. The minimum atomic E-state index is 0.242. The Kier molecular flexibility index (Phi) is 3.53. The van der Waals surface area contributed by atoms with E-state index in [2.05, 4.69) is 20.1 Å². The molecule has 0 fully saturated rings. The van der Waals surface area contributed by atoms with Crippen molar-refractivity contribution in [1.29, 1.82) is 0 Å². The van der Waals surface area contributed by atoms with Gasteiger partial charge in [0.15, 0.2) is 5.76 Å². The van der Waals surface area contributed by atoms with Crippen LogP contribution in [-0.4, -0.2) is 27.2 Å². The van der Waals surface area contributed by atoms with Crippen LogP contribution in [0.4, 0.5) is 0 Å². The number of methoxy groups -OCH3 is 1. The lowest BCUT2D eigenvalue weighted by Gasteiger charge is -2.07. The van der Waals surface area contributed by atoms with E-state index in [1.165, 1.54) is 7.11 Å². The van der Waals surface area contributed by atoms with E-state index in [-0.39, 0.29) is 6.01 Å². The fourth-order valence-electron chi connectivity index (χ4n) is 1.86. The van der Waals surface area contributed by atoms with Gasteiger partial charge < -0.3 is 9.26 Å². The fraction of sp³-hybridized carbons (Fsp3) is 0.143. The molecule has 3 aromatic heterocycles. The van der Waals surface area contributed by atoms with Crippen LogP contribution in [0.25, 0.3) is 22.7 Å². The maximum absolute atomic E-state index is 6.02. The molecular weight excluding hydrogens is 292 g/mol. The summed E-state index contributed by atoms with van der Waals surface area (Å²) in [5.74, 6) is 0.562. The Balaban J connectivity index is 2.20. The monoisotopic (exact) mass is 302 g/mol. The first-order chi connectivity index (χ1) is 10.2. The van der Waals surface area contributed by atoms with Crippen molar-refractivity contribution in [2.45, 2.75) is 6.92 Å². The smallest absolute Gasteiger partial charge is 0.316 e. The molecule has 0 radical (unpaired) electrons. The standard InChI is InChI=1S/C14H11ClN4O2/c1-8-5-12(21-19-8)10-7-17-14(20-2)18-13(10)11-6-9(15)3-4-16-11/h3-7H,1-2H3. The third-order valence-corrected chi connectivity index (χ3v) is 3.04. The van der Waals surface area contributed by atoms with Gasteiger partial charge in [0.2, 0.25) is 0 Å². The number of nitrogens with zero attached hydrogens (tertiary/aromatic N) is 4. The Labute approximate surface area is 125 Å². The molecule has 3 heterocycles. The number of aromatic nitrogens is 4. The summed E-state index contributed by atoms with van der Waals surface area (Å²) in [6.45, 7) is 1.84. The van der Waals surface area contributed by atoms with Crippen LogP contribution in [0.15, 0.2) is 35.1 Å². The van der Waals surface area contributed by atoms with E-state index < -0.39 is 0 Å². The Morgan fingerprint density at radius 3 is 2.76 bits per heavy atom. The van der Waals surface area contributed by atoms with E-state index in [1.807, 2.05) is 6.92 Å². The maximum Gasteiger partial charge on any atom is 0.316 e. The summed E-state index contributed by atoms with van der Waals surface area (Å²) in [5.41, 5.74) is 2.62. The molecule has 0 saturated heterocycles. The minimum Gasteiger partial charge on any atom is -0.467 e. The molecule has 0 aromatic carbocycles. The Morgan fingerprint density at radius 1 is 1.24 bits per heavy atom. The highest BCUT2D eigenvalue weighted by Crippen LogP contribution is 2.31. The van der Waals surface area contributed by atoms with Gasteiger partial charge in [0, 0.05) is 23.5 Å². The Morgan fingerprint density at radius 2 is 2.10 bits per heavy atom. The average Bonchev–Trinajstić information content (AvgIpc) is 2.93. The topological polar surface area (TPSA) is 73.9 Å². The predicted octanol–water partition coefficient (Wildman–Crippen LogP) is 3.16. The van der Waals surface area contributed by atoms with Crippen LogP contribution < -0.4 is 4.74 Å². The van der Waals surface area contributed by atoms with Gasteiger partial charge in [0.05, 0.1) is 24.1 Å². The molecule has 0 saturated carbocycles. The Hall–Kier alpha value is -2.47. The summed E-state index contributed by atoms with van der Waals surface area (Å²) in [6, 6.07) is 5.46. The average molecular weight is 303 g/mol. The van der Waals surface area contributed by atoms with Crippen LogP contribution >= 0.6 is 11.6 Å². The third kappa shape index (κ3) is 2.71. The van der Waals surface area contributed by atoms with Gasteiger partial charge in [0.1, 0.15) is 5.69 Å². The van der Waals surface area contributed by atoms with Crippen molar-refractivity contribution >= 4 is 11.6 Å². The number of halogens is 1. The molecule has 0 spiro atoms. The normalized spacial score (nSPS) is 10.6. The van der Waals surface area contributed by atoms with Crippen LogP contribution in [0.1, 0.15) is 5.69 Å². The molecular formula is C14H11ClN4O2. The van der Waals surface area contributed by atoms with E-state index in [0.717, 1.165) is 5.69 Å². The molecule has 0 atom stereocenters. The highest BCUT2D eigenvalue weighted by Gasteiger charge is 2.16. The number of aryl methyl sites for hydroxylation is 1. The lowest BCUT2D eigenvalue weighted by Crippen LogP contribution is -1.97. The highest BCUT2D eigenvalue weighted by atomic mass is 35.5. The lowest BCUT2D eigenvalue weighted by molar-refractivity contribution is 0.380. The number of ether oxygens (including phenoxy) is 1. The number of rotatable bonds is 3. The lowest BCUT2D eigenvalue weighted by atomic mass is 10.1. The Bertz CT molecular complexity index is 788. The summed E-state index contributed by atoms with van der Waals surface area (Å²) < 4.78 is 10.4. The summed E-state index contributed by atoms with van der Waals surface area (Å²) in [5, 5.41) is 4.45. The highest BCUT2D eigenvalue weighted by molar-refractivity contribution is 6.30. The van der Waals surface area contributed by atoms with E-state index in [9.17, 15) is 0 Å². The molecule has 0 bridgehead atoms. The number of hydrogen-bond acceptors (Lipinski definition) is 6. The number of pyridine rings is 1. The molecule has 0 aliphatic rings. The molecule has 0 amide bonds. The quantitative estimate of drug-likeness (QED) is 0.740. The van der Waals surface area contributed by atoms with E-state index >= 15 is 0 Å². The van der Waals surface area contributed by atoms with Crippen molar-refractivity contribution in [2.75, 3.05) is 7.11 Å². The van der Waals surface area contributed by atoms with Crippen LogP contribution in [0, 0.1) is 6.92 Å². The molecule has 6 nitrogen and oxygen atoms in total. The van der Waals surface area contributed by atoms with Crippen molar-refractivity contribution in [3.05, 3.63) is 41.3 Å². The zero-order valence-electron chi connectivity index (χ0n) is 11.4. The second kappa shape index (κ2) is 5.49. The number of hydrogen-bond donors (Lipinski definition) is 0. The largest absolute Gasteiger partial charge is 0.467 e. The van der Waals surface area contributed by atoms with Gasteiger partial charge in [-0.3, -0.25) is 4.98 Å². The van der Waals surface area contributed by atoms with Crippen LogP contribution in [0.5, 0.6) is 6.01 Å². The maximum atomic E-state index is 6.02. The van der Waals surface area contributed by atoms with Gasteiger partial charge >= 0.3 is 6.01 Å². The SMILES string of the molecule is COc1ncc(-c2cc(C)no2)c(-c2cc(Cl)ccn2)n1. The molecule has 3 rings (SSSR count). The van der Waals surface area contributed by atoms with Gasteiger partial charge in [-0.2, -0.15) is 4.98 Å².